The lowest BCUT2D eigenvalue weighted by molar-refractivity contribution is -0.131. The number of ether oxygens (including phenoxy) is 2. The minimum absolute atomic E-state index is 0.114. The van der Waals surface area contributed by atoms with Crippen molar-refractivity contribution in [2.75, 3.05) is 65.5 Å². The van der Waals surface area contributed by atoms with Crippen LogP contribution >= 0.6 is 34.8 Å². The number of phenolic OH excluding ortho intramolecular Hbond substituents is 1. The Hall–Kier alpha value is -7.76. The average Bonchev–Trinajstić information content (AvgIpc) is 1.73. The van der Waals surface area contributed by atoms with E-state index in [9.17, 15) is 29.1 Å². The van der Waals surface area contributed by atoms with Crippen LogP contribution in [-0.2, 0) is 9.59 Å². The summed E-state index contributed by atoms with van der Waals surface area (Å²) in [6.45, 7) is 14.2. The second-order valence-corrected chi connectivity index (χ2v) is 24.3. The molecule has 3 saturated heterocycles. The molecule has 3 aliphatic rings. The highest BCUT2D eigenvalue weighted by atomic mass is 35.5. The summed E-state index contributed by atoms with van der Waals surface area (Å²) in [5.41, 5.74) is 15.2. The van der Waals surface area contributed by atoms with Crippen LogP contribution in [0.15, 0.2) is 127 Å². The molecule has 9 aromatic rings. The van der Waals surface area contributed by atoms with Gasteiger partial charge in [0.05, 0.1) is 36.2 Å². The number of aromatic nitrogens is 3. The number of ketones is 3. The number of amides is 1. The minimum atomic E-state index is -0.540. The first-order chi connectivity index (χ1) is 42.4. The van der Waals surface area contributed by atoms with Gasteiger partial charge in [0.2, 0.25) is 0 Å². The van der Waals surface area contributed by atoms with Crippen LogP contribution in [0.25, 0.3) is 49.8 Å². The predicted octanol–water partition coefficient (Wildman–Crippen LogP) is 14.3. The molecule has 3 N–H and O–H groups in total. The van der Waals surface area contributed by atoms with E-state index in [0.29, 0.717) is 46.2 Å². The largest absolute Gasteiger partial charge is 0.508 e. The molecule has 18 heteroatoms. The number of hydrogen-bond acceptors (Lipinski definition) is 11. The van der Waals surface area contributed by atoms with Crippen LogP contribution in [0.3, 0.4) is 0 Å². The molecule has 0 aliphatic carbocycles. The number of halogens is 3. The Bertz CT molecular complexity index is 4020. The molecule has 1 amide bonds. The number of nitrogens with two attached hydrogens (primary N) is 1. The summed E-state index contributed by atoms with van der Waals surface area (Å²) in [7, 11) is 0. The standard InChI is InChI=1S/C24H26ClN3O3.C24H25ClN2O3.C22H23ClN2O2/c1-16-24(22(29)14-27-11-3-2-4-12-27)20-10-9-19(31-15-23(26)30)13-21(20)28(16)18-7-5-17(25)6-8-18;1-16-24(23(29)15-26-12-4-3-5-13-26)21-11-10-20(30-17(2)28)14-22(21)27(16)19-8-6-18(25)7-9-19;1-15-22(21(27)14-24-11-3-2-4-12-24)19-10-9-18(26)13-20(19)25(15)17-7-5-16(23)6-8-17/h5-10,13H,2-4,11-12,14-15H2,1H3,(H2,26,30);6-11,14H,3-5,12-13,15H2,1-2H3;5-10,13,26H,2-4,11-12,14H2,1H3. The van der Waals surface area contributed by atoms with Crippen molar-refractivity contribution >= 4 is 96.7 Å². The SMILES string of the molecule is CC(=O)Oc1ccc2c(C(=O)CN3CCCCC3)c(C)n(-c3ccc(Cl)cc3)c2c1.Cc1c(C(=O)CN2CCCCC2)c2ccc(O)cc2n1-c1ccc(Cl)cc1.Cc1c(C(=O)CN2CCCCC2)c2ccc(OCC(N)=O)cc2n1-c1ccc(Cl)cc1. The molecule has 12 rings (SSSR count). The van der Waals surface area contributed by atoms with E-state index in [1.807, 2.05) is 138 Å². The number of primary amides is 1. The van der Waals surface area contributed by atoms with Crippen molar-refractivity contribution < 1.29 is 38.6 Å². The molecule has 3 aromatic heterocycles. The van der Waals surface area contributed by atoms with Gasteiger partial charge in [0.1, 0.15) is 17.2 Å². The highest BCUT2D eigenvalue weighted by Gasteiger charge is 2.28. The van der Waals surface area contributed by atoms with Gasteiger partial charge < -0.3 is 34.0 Å². The molecule has 0 atom stereocenters. The number of esters is 1. The number of aromatic hydroxyl groups is 1. The van der Waals surface area contributed by atoms with Gasteiger partial charge in [0.25, 0.3) is 5.91 Å². The number of likely N-dealkylation sites (tertiary alicyclic amines) is 3. The Kier molecular flexibility index (Phi) is 20.6. The van der Waals surface area contributed by atoms with Crippen LogP contribution in [0.4, 0.5) is 0 Å². The summed E-state index contributed by atoms with van der Waals surface area (Å²) in [5, 5.41) is 14.6. The Balaban J connectivity index is 0.000000146. The molecule has 0 spiro atoms. The maximum Gasteiger partial charge on any atom is 0.308 e. The fourth-order valence-electron chi connectivity index (χ4n) is 12.7. The van der Waals surface area contributed by atoms with Gasteiger partial charge in [-0.25, -0.2) is 0 Å². The van der Waals surface area contributed by atoms with Crippen LogP contribution in [0.2, 0.25) is 15.1 Å². The Morgan fingerprint density at radius 2 is 0.761 bits per heavy atom. The second-order valence-electron chi connectivity index (χ2n) is 23.0. The van der Waals surface area contributed by atoms with E-state index < -0.39 is 5.91 Å². The van der Waals surface area contributed by atoms with Crippen molar-refractivity contribution in [2.45, 2.75) is 85.5 Å². The van der Waals surface area contributed by atoms with Gasteiger partial charge in [-0.2, -0.15) is 0 Å². The fourth-order valence-corrected chi connectivity index (χ4v) is 13.1. The third-order valence-electron chi connectivity index (χ3n) is 16.7. The first-order valence-electron chi connectivity index (χ1n) is 30.2. The van der Waals surface area contributed by atoms with Gasteiger partial charge in [-0.1, -0.05) is 54.1 Å². The lowest BCUT2D eigenvalue weighted by atomic mass is 10.0. The van der Waals surface area contributed by atoms with E-state index in [4.69, 9.17) is 50.0 Å². The van der Waals surface area contributed by atoms with Crippen molar-refractivity contribution in [1.82, 2.24) is 28.4 Å². The van der Waals surface area contributed by atoms with Crippen molar-refractivity contribution in [1.29, 1.82) is 0 Å². The summed E-state index contributed by atoms with van der Waals surface area (Å²) in [6.07, 6.45) is 10.6. The maximum atomic E-state index is 13.4. The first kappa shape index (κ1) is 63.3. The summed E-state index contributed by atoms with van der Waals surface area (Å²) in [6, 6.07) is 38.6. The van der Waals surface area contributed by atoms with E-state index in [1.54, 1.807) is 24.3 Å². The van der Waals surface area contributed by atoms with Gasteiger partial charge in [-0.05, 0) is 208 Å². The predicted molar refractivity (Wildman–Crippen MR) is 351 cm³/mol. The van der Waals surface area contributed by atoms with E-state index in [0.717, 1.165) is 161 Å². The van der Waals surface area contributed by atoms with Gasteiger partial charge in [-0.15, -0.1) is 0 Å². The number of carbonyl (C=O) groups excluding carboxylic acids is 5. The molecule has 6 heterocycles. The van der Waals surface area contributed by atoms with Gasteiger partial charge in [-0.3, -0.25) is 38.7 Å². The molecular formula is C70H74Cl3N7O8. The number of rotatable bonds is 16. The minimum Gasteiger partial charge on any atom is -0.508 e. The summed E-state index contributed by atoms with van der Waals surface area (Å²) < 4.78 is 16.9. The number of hydrogen-bond donors (Lipinski definition) is 2. The molecule has 0 radical (unpaired) electrons. The van der Waals surface area contributed by atoms with Crippen molar-refractivity contribution in [3.8, 4) is 34.3 Å². The molecular weight excluding hydrogens is 1170 g/mol. The lowest BCUT2D eigenvalue weighted by Crippen LogP contribution is -2.34. The number of carbonyl (C=O) groups is 5. The number of fused-ring (bicyclic) bond motifs is 3. The zero-order chi connectivity index (χ0) is 62.2. The Morgan fingerprint density at radius 1 is 0.443 bits per heavy atom. The molecule has 15 nitrogen and oxygen atoms in total. The topological polar surface area (TPSA) is 175 Å². The molecule has 88 heavy (non-hydrogen) atoms. The number of piperidine rings is 3. The molecule has 458 valence electrons. The highest BCUT2D eigenvalue weighted by Crippen LogP contribution is 2.37. The molecule has 0 saturated carbocycles. The fraction of sp³-hybridized carbons (Fsp3) is 0.329. The van der Waals surface area contributed by atoms with E-state index in [2.05, 4.69) is 14.7 Å². The highest BCUT2D eigenvalue weighted by molar-refractivity contribution is 6.31. The third kappa shape index (κ3) is 14.7. The van der Waals surface area contributed by atoms with E-state index >= 15 is 0 Å². The van der Waals surface area contributed by atoms with Gasteiger partial charge in [0.15, 0.2) is 24.0 Å². The number of Topliss-reactive ketones (excluding diaryl/α,β-unsaturated/α-hetero) is 3. The van der Waals surface area contributed by atoms with E-state index in [-0.39, 0.29) is 35.7 Å². The first-order valence-corrected chi connectivity index (χ1v) is 31.3. The van der Waals surface area contributed by atoms with Crippen molar-refractivity contribution in [2.24, 2.45) is 5.73 Å². The summed E-state index contributed by atoms with van der Waals surface area (Å²) >= 11 is 18.2. The van der Waals surface area contributed by atoms with Gasteiger partial charge >= 0.3 is 5.97 Å². The second kappa shape index (κ2) is 28.6. The summed E-state index contributed by atoms with van der Waals surface area (Å²) in [5.74, 6) is 0.615. The third-order valence-corrected chi connectivity index (χ3v) is 17.5. The summed E-state index contributed by atoms with van der Waals surface area (Å²) in [4.78, 5) is 69.2. The van der Waals surface area contributed by atoms with Crippen molar-refractivity contribution in [3.05, 3.63) is 176 Å². The van der Waals surface area contributed by atoms with Crippen molar-refractivity contribution in [3.63, 3.8) is 0 Å². The van der Waals surface area contributed by atoms with Crippen LogP contribution in [0, 0.1) is 20.8 Å². The molecule has 3 aliphatic heterocycles. The molecule has 0 bridgehead atoms. The van der Waals surface area contributed by atoms with Crippen LogP contribution in [0.1, 0.15) is 113 Å². The molecule has 3 fully saturated rings. The maximum absolute atomic E-state index is 13.4. The smallest absolute Gasteiger partial charge is 0.308 e. The molecule has 6 aromatic carbocycles. The number of benzene rings is 6. The van der Waals surface area contributed by atoms with E-state index in [1.165, 1.54) is 26.2 Å². The zero-order valence-electron chi connectivity index (χ0n) is 50.3. The number of phenols is 1. The Labute approximate surface area is 528 Å². The Morgan fingerprint density at radius 3 is 1.10 bits per heavy atom. The van der Waals surface area contributed by atoms with Crippen LogP contribution in [-0.4, -0.2) is 128 Å². The normalized spacial score (nSPS) is 14.9. The van der Waals surface area contributed by atoms with Crippen LogP contribution in [0.5, 0.6) is 17.2 Å². The zero-order valence-corrected chi connectivity index (χ0v) is 52.5. The number of nitrogens with zero attached hydrogens (tertiary/aromatic N) is 6. The quantitative estimate of drug-likeness (QED) is 0.0535. The molecule has 0 unspecified atom stereocenters. The monoisotopic (exact) mass is 1250 g/mol. The van der Waals surface area contributed by atoms with Gasteiger partial charge in [0, 0.05) is 107 Å². The average molecular weight is 1250 g/mol. The van der Waals surface area contributed by atoms with Crippen LogP contribution < -0.4 is 15.2 Å². The lowest BCUT2D eigenvalue weighted by Gasteiger charge is -2.25.